The Morgan fingerprint density at radius 2 is 1.12 bits per heavy atom. The summed E-state index contributed by atoms with van der Waals surface area (Å²) in [5.41, 5.74) is 0.328. The SMILES string of the molecule is CCCCC(CC)COCCOCCOC(=O)c1ccccc1C(=O)OCCOCCOCCCCCCC(C)C. The van der Waals surface area contributed by atoms with Crippen LogP contribution in [0.25, 0.3) is 0 Å². The van der Waals surface area contributed by atoms with Crippen molar-refractivity contribution in [3.8, 4) is 0 Å². The van der Waals surface area contributed by atoms with Crippen LogP contribution in [0.2, 0.25) is 0 Å². The van der Waals surface area contributed by atoms with Crippen molar-refractivity contribution >= 4 is 11.9 Å². The monoisotopic (exact) mass is 580 g/mol. The fourth-order valence-electron chi connectivity index (χ4n) is 4.18. The zero-order chi connectivity index (χ0) is 30.0. The normalized spacial score (nSPS) is 12.0. The lowest BCUT2D eigenvalue weighted by molar-refractivity contribution is 0.00742. The van der Waals surface area contributed by atoms with Crippen molar-refractivity contribution in [1.29, 1.82) is 0 Å². The Morgan fingerprint density at radius 3 is 1.66 bits per heavy atom. The van der Waals surface area contributed by atoms with E-state index < -0.39 is 11.9 Å². The molecule has 0 N–H and O–H groups in total. The second kappa shape index (κ2) is 25.7. The van der Waals surface area contributed by atoms with E-state index in [-0.39, 0.29) is 37.6 Å². The highest BCUT2D eigenvalue weighted by atomic mass is 16.6. The molecule has 0 fully saturated rings. The van der Waals surface area contributed by atoms with Crippen LogP contribution in [0.1, 0.15) is 106 Å². The predicted octanol–water partition coefficient (Wildman–Crippen LogP) is 6.89. The zero-order valence-corrected chi connectivity index (χ0v) is 26.2. The molecule has 0 aliphatic carbocycles. The molecule has 8 heteroatoms. The molecule has 1 rings (SSSR count). The molecule has 0 aromatic heterocycles. The van der Waals surface area contributed by atoms with Gasteiger partial charge in [0.25, 0.3) is 0 Å². The number of carbonyl (C=O) groups excluding carboxylic acids is 2. The maximum absolute atomic E-state index is 12.6. The molecule has 0 saturated carbocycles. The number of hydrogen-bond donors (Lipinski definition) is 0. The lowest BCUT2D eigenvalue weighted by Gasteiger charge is -2.14. The Kier molecular flexibility index (Phi) is 23.2. The van der Waals surface area contributed by atoms with Gasteiger partial charge in [-0.15, -0.1) is 0 Å². The maximum atomic E-state index is 12.6. The first-order valence-electron chi connectivity index (χ1n) is 15.7. The maximum Gasteiger partial charge on any atom is 0.339 e. The molecule has 1 unspecified atom stereocenters. The van der Waals surface area contributed by atoms with Crippen molar-refractivity contribution in [2.45, 2.75) is 85.5 Å². The number of esters is 2. The van der Waals surface area contributed by atoms with E-state index in [0.29, 0.717) is 32.3 Å². The fraction of sp³-hybridized carbons (Fsp3) is 0.758. The van der Waals surface area contributed by atoms with Crippen molar-refractivity contribution in [3.05, 3.63) is 35.4 Å². The quantitative estimate of drug-likeness (QED) is 0.0821. The van der Waals surface area contributed by atoms with Gasteiger partial charge in [-0.05, 0) is 36.8 Å². The van der Waals surface area contributed by atoms with E-state index >= 15 is 0 Å². The van der Waals surface area contributed by atoms with E-state index in [1.807, 2.05) is 0 Å². The van der Waals surface area contributed by atoms with Crippen LogP contribution in [0.15, 0.2) is 24.3 Å². The summed E-state index contributed by atoms with van der Waals surface area (Å²) in [7, 11) is 0. The average Bonchev–Trinajstić information content (AvgIpc) is 2.97. The summed E-state index contributed by atoms with van der Waals surface area (Å²) in [4.78, 5) is 25.1. The summed E-state index contributed by atoms with van der Waals surface area (Å²) in [6.45, 7) is 13.0. The summed E-state index contributed by atoms with van der Waals surface area (Å²) in [6, 6.07) is 6.46. The van der Waals surface area contributed by atoms with Gasteiger partial charge >= 0.3 is 11.9 Å². The van der Waals surface area contributed by atoms with Gasteiger partial charge in [0.15, 0.2) is 0 Å². The van der Waals surface area contributed by atoms with Crippen LogP contribution in [-0.4, -0.2) is 78.0 Å². The zero-order valence-electron chi connectivity index (χ0n) is 26.2. The highest BCUT2D eigenvalue weighted by Gasteiger charge is 2.19. The molecule has 0 saturated heterocycles. The van der Waals surface area contributed by atoms with E-state index in [2.05, 4.69) is 27.7 Å². The van der Waals surface area contributed by atoms with Gasteiger partial charge in [-0.3, -0.25) is 0 Å². The average molecular weight is 581 g/mol. The molecule has 1 aromatic carbocycles. The molecule has 1 atom stereocenters. The van der Waals surface area contributed by atoms with Crippen LogP contribution in [-0.2, 0) is 28.4 Å². The molecule has 0 spiro atoms. The third kappa shape index (κ3) is 19.7. The molecular formula is C33H56O8. The molecule has 8 nitrogen and oxygen atoms in total. The minimum Gasteiger partial charge on any atom is -0.460 e. The molecule has 0 heterocycles. The molecule has 0 aliphatic rings. The van der Waals surface area contributed by atoms with Crippen LogP contribution in [0.5, 0.6) is 0 Å². The topological polar surface area (TPSA) is 89.5 Å². The number of benzene rings is 1. The standard InChI is InChI=1S/C33H56O8/c1-5-7-15-29(6-2)27-39-22-21-38-24-26-41-33(35)31-17-12-11-16-30(31)32(34)40-25-23-37-20-19-36-18-13-9-8-10-14-28(3)4/h11-12,16-17,28-29H,5-10,13-15,18-27H2,1-4H3. The molecule has 0 bridgehead atoms. The highest BCUT2D eigenvalue weighted by molar-refractivity contribution is 6.03. The Labute approximate surface area is 248 Å². The van der Waals surface area contributed by atoms with Gasteiger partial charge < -0.3 is 28.4 Å². The molecule has 0 aliphatic heterocycles. The third-order valence-electron chi connectivity index (χ3n) is 6.75. The number of carbonyl (C=O) groups is 2. The van der Waals surface area contributed by atoms with E-state index in [1.54, 1.807) is 24.3 Å². The number of unbranched alkanes of at least 4 members (excludes halogenated alkanes) is 4. The minimum atomic E-state index is -0.590. The summed E-state index contributed by atoms with van der Waals surface area (Å²) in [5.74, 6) is 0.193. The second-order valence-electron chi connectivity index (χ2n) is 10.7. The molecule has 0 radical (unpaired) electrons. The van der Waals surface area contributed by atoms with E-state index in [0.717, 1.165) is 32.0 Å². The Morgan fingerprint density at radius 1 is 0.610 bits per heavy atom. The lowest BCUT2D eigenvalue weighted by Crippen LogP contribution is -2.18. The third-order valence-corrected chi connectivity index (χ3v) is 6.75. The van der Waals surface area contributed by atoms with Crippen molar-refractivity contribution < 1.29 is 38.0 Å². The van der Waals surface area contributed by atoms with Gasteiger partial charge in [-0.1, -0.05) is 84.8 Å². The molecule has 236 valence electrons. The van der Waals surface area contributed by atoms with E-state index in [4.69, 9.17) is 28.4 Å². The Balaban J connectivity index is 2.14. The Hall–Kier alpha value is -2.00. The van der Waals surface area contributed by atoms with Gasteiger partial charge in [0, 0.05) is 13.2 Å². The molecule has 0 amide bonds. The van der Waals surface area contributed by atoms with Crippen LogP contribution in [0.4, 0.5) is 0 Å². The summed E-state index contributed by atoms with van der Waals surface area (Å²) in [5, 5.41) is 0. The smallest absolute Gasteiger partial charge is 0.339 e. The first-order chi connectivity index (χ1) is 20.0. The van der Waals surface area contributed by atoms with Crippen molar-refractivity contribution in [3.63, 3.8) is 0 Å². The summed E-state index contributed by atoms with van der Waals surface area (Å²) in [6.07, 6.45) is 10.8. The molecule has 41 heavy (non-hydrogen) atoms. The first kappa shape index (κ1) is 37.0. The van der Waals surface area contributed by atoms with Crippen LogP contribution in [0.3, 0.4) is 0 Å². The van der Waals surface area contributed by atoms with Gasteiger partial charge in [0.2, 0.25) is 0 Å². The number of rotatable bonds is 27. The van der Waals surface area contributed by atoms with Crippen molar-refractivity contribution in [1.82, 2.24) is 0 Å². The first-order valence-corrected chi connectivity index (χ1v) is 15.7. The Bertz CT molecular complexity index is 782. The van der Waals surface area contributed by atoms with Crippen molar-refractivity contribution in [2.24, 2.45) is 11.8 Å². The van der Waals surface area contributed by atoms with Crippen LogP contribution < -0.4 is 0 Å². The number of hydrogen-bond acceptors (Lipinski definition) is 8. The van der Waals surface area contributed by atoms with Crippen LogP contribution >= 0.6 is 0 Å². The highest BCUT2D eigenvalue weighted by Crippen LogP contribution is 2.14. The molecule has 1 aromatic rings. The largest absolute Gasteiger partial charge is 0.460 e. The summed E-state index contributed by atoms with van der Waals surface area (Å²) >= 11 is 0. The summed E-state index contributed by atoms with van der Waals surface area (Å²) < 4.78 is 32.9. The molecular weight excluding hydrogens is 524 g/mol. The number of ether oxygens (including phenoxy) is 6. The lowest BCUT2D eigenvalue weighted by atomic mass is 10.0. The van der Waals surface area contributed by atoms with Gasteiger partial charge in [-0.25, -0.2) is 9.59 Å². The van der Waals surface area contributed by atoms with E-state index in [1.165, 1.54) is 44.9 Å². The van der Waals surface area contributed by atoms with Gasteiger partial charge in [0.05, 0.1) is 50.8 Å². The van der Waals surface area contributed by atoms with Gasteiger partial charge in [0.1, 0.15) is 13.2 Å². The van der Waals surface area contributed by atoms with Crippen LogP contribution in [0, 0.1) is 11.8 Å². The fourth-order valence-corrected chi connectivity index (χ4v) is 4.18. The second-order valence-corrected chi connectivity index (χ2v) is 10.7. The predicted molar refractivity (Wildman–Crippen MR) is 162 cm³/mol. The van der Waals surface area contributed by atoms with Gasteiger partial charge in [-0.2, -0.15) is 0 Å². The van der Waals surface area contributed by atoms with E-state index in [9.17, 15) is 9.59 Å². The van der Waals surface area contributed by atoms with Crippen molar-refractivity contribution in [2.75, 3.05) is 66.1 Å². The minimum absolute atomic E-state index is 0.0876.